The number of halogens is 3. The molecule has 0 aromatic heterocycles. The number of piperazine rings is 1. The molecule has 17 heavy (non-hydrogen) atoms. The van der Waals surface area contributed by atoms with Crippen LogP contribution in [0.4, 0.5) is 18.9 Å². The van der Waals surface area contributed by atoms with E-state index in [1.54, 1.807) is 6.07 Å². The average Bonchev–Trinajstić information content (AvgIpc) is 2.89. The van der Waals surface area contributed by atoms with E-state index >= 15 is 0 Å². The van der Waals surface area contributed by atoms with Crippen LogP contribution in [0.25, 0.3) is 0 Å². The van der Waals surface area contributed by atoms with Crippen molar-refractivity contribution in [3.05, 3.63) is 29.8 Å². The van der Waals surface area contributed by atoms with Crippen molar-refractivity contribution in [2.45, 2.75) is 24.7 Å². The van der Waals surface area contributed by atoms with Gasteiger partial charge in [-0.2, -0.15) is 13.2 Å². The molecule has 2 fully saturated rings. The van der Waals surface area contributed by atoms with Gasteiger partial charge in [-0.25, -0.2) is 0 Å². The molecule has 2 aliphatic rings. The molecule has 2 atom stereocenters. The normalized spacial score (nSPS) is 27.8. The van der Waals surface area contributed by atoms with Crippen molar-refractivity contribution < 1.29 is 13.2 Å². The van der Waals surface area contributed by atoms with Gasteiger partial charge < -0.3 is 10.2 Å². The van der Waals surface area contributed by atoms with E-state index in [-0.39, 0.29) is 0 Å². The van der Waals surface area contributed by atoms with Gasteiger partial charge in [0.25, 0.3) is 0 Å². The molecule has 2 nitrogen and oxygen atoms in total. The van der Waals surface area contributed by atoms with E-state index in [0.29, 0.717) is 17.8 Å². The molecule has 2 heterocycles. The number of benzene rings is 1. The highest BCUT2D eigenvalue weighted by Gasteiger charge is 2.38. The second-order valence-electron chi connectivity index (χ2n) is 4.70. The third-order valence-corrected chi connectivity index (χ3v) is 3.56. The number of rotatable bonds is 1. The molecule has 1 aromatic rings. The molecular formula is C12H13F3N2. The van der Waals surface area contributed by atoms with Crippen LogP contribution in [0.1, 0.15) is 12.0 Å². The first-order valence-electron chi connectivity index (χ1n) is 5.71. The number of hydrogen-bond donors (Lipinski definition) is 1. The molecular weight excluding hydrogens is 229 g/mol. The Labute approximate surface area is 97.4 Å². The predicted molar refractivity (Wildman–Crippen MR) is 59.0 cm³/mol. The Morgan fingerprint density at radius 1 is 1.29 bits per heavy atom. The van der Waals surface area contributed by atoms with Gasteiger partial charge in [0, 0.05) is 30.9 Å². The van der Waals surface area contributed by atoms with E-state index in [9.17, 15) is 13.2 Å². The highest BCUT2D eigenvalue weighted by Crippen LogP contribution is 2.34. The third-order valence-electron chi connectivity index (χ3n) is 3.56. The zero-order valence-corrected chi connectivity index (χ0v) is 9.17. The minimum Gasteiger partial charge on any atom is -0.366 e. The van der Waals surface area contributed by atoms with Crippen molar-refractivity contribution >= 4 is 5.69 Å². The Hall–Kier alpha value is -1.23. The van der Waals surface area contributed by atoms with Gasteiger partial charge in [-0.05, 0) is 24.6 Å². The Morgan fingerprint density at radius 2 is 2.12 bits per heavy atom. The summed E-state index contributed by atoms with van der Waals surface area (Å²) in [5, 5.41) is 3.34. The van der Waals surface area contributed by atoms with Crippen LogP contribution in [0.5, 0.6) is 0 Å². The molecule has 0 saturated carbocycles. The summed E-state index contributed by atoms with van der Waals surface area (Å²) in [6.07, 6.45) is -3.22. The molecule has 0 spiro atoms. The Morgan fingerprint density at radius 3 is 2.71 bits per heavy atom. The van der Waals surface area contributed by atoms with Crippen LogP contribution >= 0.6 is 0 Å². The minimum absolute atomic E-state index is 0.350. The van der Waals surface area contributed by atoms with E-state index in [2.05, 4.69) is 10.2 Å². The molecule has 2 unspecified atom stereocenters. The van der Waals surface area contributed by atoms with Gasteiger partial charge in [-0.15, -0.1) is 0 Å². The lowest BCUT2D eigenvalue weighted by atomic mass is 10.1. The second kappa shape index (κ2) is 3.63. The predicted octanol–water partition coefficient (Wildman–Crippen LogP) is 2.26. The molecule has 3 rings (SSSR count). The Bertz CT molecular complexity index is 430. The lowest BCUT2D eigenvalue weighted by Crippen LogP contribution is -2.43. The smallest absolute Gasteiger partial charge is 0.366 e. The van der Waals surface area contributed by atoms with Gasteiger partial charge in [-0.1, -0.05) is 6.07 Å². The molecule has 2 saturated heterocycles. The first kappa shape index (κ1) is 10.9. The van der Waals surface area contributed by atoms with Crippen LogP contribution in [-0.2, 0) is 6.18 Å². The van der Waals surface area contributed by atoms with E-state index in [0.717, 1.165) is 25.6 Å². The molecule has 2 aliphatic heterocycles. The van der Waals surface area contributed by atoms with Crippen molar-refractivity contribution in [2.75, 3.05) is 18.0 Å². The fourth-order valence-corrected chi connectivity index (χ4v) is 2.74. The molecule has 0 amide bonds. The number of anilines is 1. The molecule has 2 bridgehead atoms. The van der Waals surface area contributed by atoms with Crippen molar-refractivity contribution in [3.63, 3.8) is 0 Å². The van der Waals surface area contributed by atoms with Gasteiger partial charge in [-0.3, -0.25) is 0 Å². The second-order valence-corrected chi connectivity index (χ2v) is 4.70. The van der Waals surface area contributed by atoms with Gasteiger partial charge in [0.15, 0.2) is 0 Å². The first-order chi connectivity index (χ1) is 8.04. The summed E-state index contributed by atoms with van der Waals surface area (Å²) in [4.78, 5) is 2.08. The molecule has 5 heteroatoms. The van der Waals surface area contributed by atoms with Gasteiger partial charge in [0.2, 0.25) is 0 Å². The van der Waals surface area contributed by atoms with Gasteiger partial charge in [0.05, 0.1) is 5.56 Å². The van der Waals surface area contributed by atoms with Gasteiger partial charge in [0.1, 0.15) is 0 Å². The van der Waals surface area contributed by atoms with E-state index in [4.69, 9.17) is 0 Å². The SMILES string of the molecule is FC(F)(F)c1cccc(N2CC3CC2CN3)c1. The zero-order chi connectivity index (χ0) is 12.0. The zero-order valence-electron chi connectivity index (χ0n) is 9.17. The lowest BCUT2D eigenvalue weighted by Gasteiger charge is -2.30. The summed E-state index contributed by atoms with van der Waals surface area (Å²) in [6.45, 7) is 1.69. The highest BCUT2D eigenvalue weighted by atomic mass is 19.4. The van der Waals surface area contributed by atoms with Crippen molar-refractivity contribution in [1.82, 2.24) is 5.32 Å². The molecule has 0 aliphatic carbocycles. The maximum atomic E-state index is 12.6. The third kappa shape index (κ3) is 1.88. The van der Waals surface area contributed by atoms with Crippen LogP contribution in [-0.4, -0.2) is 25.2 Å². The molecule has 1 N–H and O–H groups in total. The number of nitrogens with one attached hydrogen (secondary N) is 1. The number of hydrogen-bond acceptors (Lipinski definition) is 2. The van der Waals surface area contributed by atoms with E-state index < -0.39 is 11.7 Å². The lowest BCUT2D eigenvalue weighted by molar-refractivity contribution is -0.137. The average molecular weight is 242 g/mol. The quantitative estimate of drug-likeness (QED) is 0.812. The summed E-state index contributed by atoms with van der Waals surface area (Å²) in [6, 6.07) is 6.41. The molecule has 1 aromatic carbocycles. The Kier molecular flexibility index (Phi) is 2.33. The van der Waals surface area contributed by atoms with E-state index in [1.807, 2.05) is 0 Å². The van der Waals surface area contributed by atoms with Crippen molar-refractivity contribution in [3.8, 4) is 0 Å². The highest BCUT2D eigenvalue weighted by molar-refractivity contribution is 5.52. The largest absolute Gasteiger partial charge is 0.416 e. The van der Waals surface area contributed by atoms with Crippen LogP contribution in [0, 0.1) is 0 Å². The summed E-state index contributed by atoms with van der Waals surface area (Å²) >= 11 is 0. The summed E-state index contributed by atoms with van der Waals surface area (Å²) < 4.78 is 37.8. The number of nitrogens with zero attached hydrogens (tertiary/aromatic N) is 1. The topological polar surface area (TPSA) is 15.3 Å². The van der Waals surface area contributed by atoms with Crippen molar-refractivity contribution in [2.24, 2.45) is 0 Å². The van der Waals surface area contributed by atoms with Gasteiger partial charge >= 0.3 is 6.18 Å². The summed E-state index contributed by atoms with van der Waals surface area (Å²) in [7, 11) is 0. The van der Waals surface area contributed by atoms with Crippen molar-refractivity contribution in [1.29, 1.82) is 0 Å². The van der Waals surface area contributed by atoms with Crippen LogP contribution in [0.15, 0.2) is 24.3 Å². The monoisotopic (exact) mass is 242 g/mol. The maximum absolute atomic E-state index is 12.6. The standard InChI is InChI=1S/C12H13F3N2/c13-12(14,15)8-2-1-3-10(4-8)17-7-9-5-11(17)6-16-9/h1-4,9,11,16H,5-7H2. The maximum Gasteiger partial charge on any atom is 0.416 e. The van der Waals surface area contributed by atoms with E-state index in [1.165, 1.54) is 12.1 Å². The molecule has 92 valence electrons. The summed E-state index contributed by atoms with van der Waals surface area (Å²) in [5.74, 6) is 0. The minimum atomic E-state index is -4.26. The van der Waals surface area contributed by atoms with Crippen LogP contribution in [0.2, 0.25) is 0 Å². The van der Waals surface area contributed by atoms with Crippen LogP contribution < -0.4 is 10.2 Å². The first-order valence-corrected chi connectivity index (χ1v) is 5.71. The Balaban J connectivity index is 1.89. The fourth-order valence-electron chi connectivity index (χ4n) is 2.74. The fraction of sp³-hybridized carbons (Fsp3) is 0.500. The number of fused-ring (bicyclic) bond motifs is 2. The molecule has 0 radical (unpaired) electrons. The number of alkyl halides is 3. The summed E-state index contributed by atoms with van der Waals surface area (Å²) in [5.41, 5.74) is 0.125. The van der Waals surface area contributed by atoms with Crippen LogP contribution in [0.3, 0.4) is 0 Å².